The molecule has 0 aliphatic heterocycles. The molecule has 3 aromatic rings. The van der Waals surface area contributed by atoms with E-state index >= 15 is 0 Å². The number of carbonyl (C=O) groups is 2. The number of anilines is 2. The van der Waals surface area contributed by atoms with E-state index in [-0.39, 0.29) is 17.1 Å². The van der Waals surface area contributed by atoms with Crippen molar-refractivity contribution < 1.29 is 23.5 Å². The van der Waals surface area contributed by atoms with E-state index < -0.39 is 34.5 Å². The molecule has 9 nitrogen and oxygen atoms in total. The van der Waals surface area contributed by atoms with Crippen LogP contribution in [0.3, 0.4) is 0 Å². The van der Waals surface area contributed by atoms with E-state index in [2.05, 4.69) is 15.7 Å². The van der Waals surface area contributed by atoms with Crippen LogP contribution in [0.15, 0.2) is 53.3 Å². The minimum absolute atomic E-state index is 0.0994. The minimum atomic E-state index is -0.802. The molecule has 0 saturated carbocycles. The van der Waals surface area contributed by atoms with Crippen LogP contribution in [0.25, 0.3) is 5.69 Å². The van der Waals surface area contributed by atoms with Gasteiger partial charge in [-0.1, -0.05) is 12.1 Å². The number of amides is 2. The van der Waals surface area contributed by atoms with E-state index in [4.69, 9.17) is 9.47 Å². The van der Waals surface area contributed by atoms with E-state index in [0.717, 1.165) is 0 Å². The highest BCUT2D eigenvalue weighted by molar-refractivity contribution is 6.03. The van der Waals surface area contributed by atoms with Crippen LogP contribution in [0.1, 0.15) is 37.0 Å². The molecule has 1 aromatic heterocycles. The van der Waals surface area contributed by atoms with Crippen molar-refractivity contribution in [3.05, 3.63) is 76.0 Å². The molecular weight excluding hydrogens is 443 g/mol. The van der Waals surface area contributed by atoms with Crippen LogP contribution in [0.2, 0.25) is 0 Å². The van der Waals surface area contributed by atoms with E-state index in [0.29, 0.717) is 11.4 Å². The third-order valence-corrected chi connectivity index (χ3v) is 4.50. The van der Waals surface area contributed by atoms with Gasteiger partial charge in [-0.05, 0) is 58.0 Å². The van der Waals surface area contributed by atoms with Crippen LogP contribution >= 0.6 is 0 Å². The number of aromatic nitrogens is 2. The van der Waals surface area contributed by atoms with Crippen molar-refractivity contribution in [1.82, 2.24) is 9.78 Å². The summed E-state index contributed by atoms with van der Waals surface area (Å²) in [7, 11) is 1.43. The molecule has 0 atom stereocenters. The summed E-state index contributed by atoms with van der Waals surface area (Å²) in [4.78, 5) is 37.5. The van der Waals surface area contributed by atoms with Gasteiger partial charge in [0.2, 0.25) is 5.43 Å². The van der Waals surface area contributed by atoms with Crippen LogP contribution in [0.5, 0.6) is 5.75 Å². The van der Waals surface area contributed by atoms with Crippen molar-refractivity contribution in [1.29, 1.82) is 0 Å². The Morgan fingerprint density at radius 2 is 1.76 bits per heavy atom. The Morgan fingerprint density at radius 3 is 2.41 bits per heavy atom. The summed E-state index contributed by atoms with van der Waals surface area (Å²) < 4.78 is 25.9. The van der Waals surface area contributed by atoms with Gasteiger partial charge >= 0.3 is 6.09 Å². The molecule has 10 heteroatoms. The summed E-state index contributed by atoms with van der Waals surface area (Å²) in [5, 5.41) is 9.22. The molecule has 0 radical (unpaired) electrons. The molecule has 34 heavy (non-hydrogen) atoms. The number of aryl methyl sites for hydroxylation is 1. The topological polar surface area (TPSA) is 112 Å². The predicted octanol–water partition coefficient (Wildman–Crippen LogP) is 4.29. The van der Waals surface area contributed by atoms with Gasteiger partial charge in [0.15, 0.2) is 5.69 Å². The normalized spacial score (nSPS) is 11.0. The number of nitrogens with zero attached hydrogens (tertiary/aromatic N) is 2. The lowest BCUT2D eigenvalue weighted by molar-refractivity contribution is 0.0635. The first-order valence-electron chi connectivity index (χ1n) is 10.3. The molecular formula is C24H25FN4O5. The molecule has 0 unspecified atom stereocenters. The predicted molar refractivity (Wildman–Crippen MR) is 125 cm³/mol. The molecule has 0 spiro atoms. The number of benzene rings is 2. The first-order chi connectivity index (χ1) is 16.0. The van der Waals surface area contributed by atoms with E-state index in [9.17, 15) is 18.8 Å². The smallest absolute Gasteiger partial charge is 0.412 e. The van der Waals surface area contributed by atoms with Gasteiger partial charge in [0.1, 0.15) is 22.9 Å². The number of halogens is 1. The Kier molecular flexibility index (Phi) is 7.00. The Morgan fingerprint density at radius 1 is 1.06 bits per heavy atom. The Balaban J connectivity index is 1.90. The fraction of sp³-hybridized carbons (Fsp3) is 0.250. The molecule has 2 amide bonds. The summed E-state index contributed by atoms with van der Waals surface area (Å²) >= 11 is 0. The molecule has 0 fully saturated rings. The summed E-state index contributed by atoms with van der Waals surface area (Å²) in [6, 6.07) is 11.6. The van der Waals surface area contributed by atoms with Gasteiger partial charge in [0.05, 0.1) is 12.8 Å². The maximum atomic E-state index is 14.3. The van der Waals surface area contributed by atoms with E-state index in [1.54, 1.807) is 33.8 Å². The Bertz CT molecular complexity index is 1300. The standard InChI is InChI=1S/C24H25FN4O5/c1-14-12-19(30)21(28-29(14)18-9-7-6-8-16(18)25)22(31)26-15-10-11-20(33-5)17(13-15)27-23(32)34-24(2,3)4/h6-13H,1-5H3,(H,26,31)(H,27,32). The maximum Gasteiger partial charge on any atom is 0.412 e. The van der Waals surface area contributed by atoms with Crippen LogP contribution in [-0.2, 0) is 4.74 Å². The van der Waals surface area contributed by atoms with Gasteiger partial charge in [-0.25, -0.2) is 13.9 Å². The Hall–Kier alpha value is -4.21. The van der Waals surface area contributed by atoms with Crippen LogP contribution in [0, 0.1) is 12.7 Å². The second-order valence-electron chi connectivity index (χ2n) is 8.36. The van der Waals surface area contributed by atoms with Crippen molar-refractivity contribution in [2.75, 3.05) is 17.7 Å². The number of methoxy groups -OCH3 is 1. The first-order valence-corrected chi connectivity index (χ1v) is 10.3. The van der Waals surface area contributed by atoms with Gasteiger partial charge in [0, 0.05) is 17.4 Å². The van der Waals surface area contributed by atoms with Gasteiger partial charge in [-0.3, -0.25) is 14.9 Å². The molecule has 2 aromatic carbocycles. The van der Waals surface area contributed by atoms with E-state index in [1.807, 2.05) is 0 Å². The van der Waals surface area contributed by atoms with Crippen molar-refractivity contribution >= 4 is 23.4 Å². The summed E-state index contributed by atoms with van der Waals surface area (Å²) in [6.07, 6.45) is -0.706. The molecule has 1 heterocycles. The number of nitrogens with one attached hydrogen (secondary N) is 2. The maximum absolute atomic E-state index is 14.3. The van der Waals surface area contributed by atoms with Gasteiger partial charge in [-0.2, -0.15) is 5.10 Å². The Labute approximate surface area is 195 Å². The van der Waals surface area contributed by atoms with Gasteiger partial charge in [-0.15, -0.1) is 0 Å². The van der Waals surface area contributed by atoms with Crippen molar-refractivity contribution in [3.8, 4) is 11.4 Å². The quantitative estimate of drug-likeness (QED) is 0.578. The monoisotopic (exact) mass is 468 g/mol. The minimum Gasteiger partial charge on any atom is -0.495 e. The molecule has 2 N–H and O–H groups in total. The number of rotatable bonds is 5. The van der Waals surface area contributed by atoms with Crippen molar-refractivity contribution in [2.24, 2.45) is 0 Å². The fourth-order valence-corrected chi connectivity index (χ4v) is 3.06. The number of para-hydroxylation sites is 1. The number of ether oxygens (including phenoxy) is 2. The number of hydrogen-bond acceptors (Lipinski definition) is 6. The highest BCUT2D eigenvalue weighted by atomic mass is 19.1. The summed E-state index contributed by atoms with van der Waals surface area (Å²) in [6.45, 7) is 6.76. The second-order valence-corrected chi connectivity index (χ2v) is 8.36. The lowest BCUT2D eigenvalue weighted by Gasteiger charge is -2.20. The van der Waals surface area contributed by atoms with Crippen LogP contribution in [-0.4, -0.2) is 34.5 Å². The van der Waals surface area contributed by atoms with Gasteiger partial charge < -0.3 is 14.8 Å². The fourth-order valence-electron chi connectivity index (χ4n) is 3.06. The highest BCUT2D eigenvalue weighted by Crippen LogP contribution is 2.28. The third kappa shape index (κ3) is 5.77. The zero-order valence-electron chi connectivity index (χ0n) is 19.4. The SMILES string of the molecule is COc1ccc(NC(=O)c2nn(-c3ccccc3F)c(C)cc2=O)cc1NC(=O)OC(C)(C)C. The largest absolute Gasteiger partial charge is 0.495 e. The first kappa shape index (κ1) is 24.4. The summed E-state index contributed by atoms with van der Waals surface area (Å²) in [5.41, 5.74) is -0.790. The molecule has 0 aliphatic rings. The molecule has 0 bridgehead atoms. The summed E-state index contributed by atoms with van der Waals surface area (Å²) in [5.74, 6) is -1.02. The molecule has 0 aliphatic carbocycles. The third-order valence-electron chi connectivity index (χ3n) is 4.50. The van der Waals surface area contributed by atoms with Crippen LogP contribution < -0.4 is 20.8 Å². The molecule has 0 saturated heterocycles. The highest BCUT2D eigenvalue weighted by Gasteiger charge is 2.20. The van der Waals surface area contributed by atoms with Gasteiger partial charge in [0.25, 0.3) is 5.91 Å². The van der Waals surface area contributed by atoms with Crippen molar-refractivity contribution in [3.63, 3.8) is 0 Å². The van der Waals surface area contributed by atoms with E-state index in [1.165, 1.54) is 54.3 Å². The lowest BCUT2D eigenvalue weighted by atomic mass is 10.2. The van der Waals surface area contributed by atoms with Crippen molar-refractivity contribution in [2.45, 2.75) is 33.3 Å². The zero-order chi connectivity index (χ0) is 25.0. The molecule has 178 valence electrons. The average molecular weight is 468 g/mol. The van der Waals surface area contributed by atoms with Crippen LogP contribution in [0.4, 0.5) is 20.6 Å². The average Bonchev–Trinajstić information content (AvgIpc) is 2.73. The second kappa shape index (κ2) is 9.74. The zero-order valence-corrected chi connectivity index (χ0v) is 19.4. The number of hydrogen-bond donors (Lipinski definition) is 2. The number of carbonyl (C=O) groups excluding carboxylic acids is 2. The lowest BCUT2D eigenvalue weighted by Crippen LogP contribution is -2.28. The molecule has 3 rings (SSSR count).